The van der Waals surface area contributed by atoms with E-state index in [2.05, 4.69) is 17.4 Å². The lowest BCUT2D eigenvalue weighted by Gasteiger charge is -2.38. The number of rotatable bonds is 9. The van der Waals surface area contributed by atoms with Crippen LogP contribution in [0.25, 0.3) is 0 Å². The zero-order chi connectivity index (χ0) is 18.2. The first-order chi connectivity index (χ1) is 12.7. The molecule has 3 rings (SSSR count). The fourth-order valence-corrected chi connectivity index (χ4v) is 3.70. The topological polar surface area (TPSA) is 82.8 Å². The van der Waals surface area contributed by atoms with Gasteiger partial charge in [-0.15, -0.1) is 12.4 Å². The smallest absolute Gasteiger partial charge is 0.231 e. The van der Waals surface area contributed by atoms with Crippen LogP contribution in [0.3, 0.4) is 0 Å². The van der Waals surface area contributed by atoms with Gasteiger partial charge < -0.3 is 25.3 Å². The fourth-order valence-electron chi connectivity index (χ4n) is 3.70. The standard InChI is InChI=1S/C20H30N2O4.ClH/c21-10-4-2-1-3-5-19(23)22-14-20(8-11-24-12-9-20)16-6-7-17-18(13-16)26-15-25-17;/h6-7,13H,1-5,8-12,14-15,21H2,(H,22,23);1H. The molecule has 0 atom stereocenters. The largest absolute Gasteiger partial charge is 0.454 e. The minimum Gasteiger partial charge on any atom is -0.454 e. The number of carbonyl (C=O) groups is 1. The summed E-state index contributed by atoms with van der Waals surface area (Å²) in [6, 6.07) is 6.12. The molecular weight excluding hydrogens is 368 g/mol. The van der Waals surface area contributed by atoms with Crippen LogP contribution >= 0.6 is 12.4 Å². The number of benzene rings is 1. The third-order valence-electron chi connectivity index (χ3n) is 5.42. The van der Waals surface area contributed by atoms with Crippen molar-refractivity contribution in [3.63, 3.8) is 0 Å². The lowest BCUT2D eigenvalue weighted by molar-refractivity contribution is -0.121. The van der Waals surface area contributed by atoms with Crippen LogP contribution in [0.1, 0.15) is 50.5 Å². The van der Waals surface area contributed by atoms with Gasteiger partial charge in [-0.2, -0.15) is 0 Å². The predicted octanol–water partition coefficient (Wildman–Crippen LogP) is 2.91. The zero-order valence-electron chi connectivity index (χ0n) is 15.8. The summed E-state index contributed by atoms with van der Waals surface area (Å²) in [6.07, 6.45) is 6.49. The Morgan fingerprint density at radius 1 is 1.07 bits per heavy atom. The molecule has 0 spiro atoms. The van der Waals surface area contributed by atoms with Crippen molar-refractivity contribution in [1.29, 1.82) is 0 Å². The van der Waals surface area contributed by atoms with Gasteiger partial charge in [0.1, 0.15) is 0 Å². The summed E-state index contributed by atoms with van der Waals surface area (Å²) in [4.78, 5) is 12.3. The van der Waals surface area contributed by atoms with E-state index in [1.54, 1.807) is 0 Å². The fraction of sp³-hybridized carbons (Fsp3) is 0.650. The van der Waals surface area contributed by atoms with E-state index in [4.69, 9.17) is 19.9 Å². The van der Waals surface area contributed by atoms with E-state index in [9.17, 15) is 4.79 Å². The third-order valence-corrected chi connectivity index (χ3v) is 5.42. The monoisotopic (exact) mass is 398 g/mol. The van der Waals surface area contributed by atoms with Gasteiger partial charge in [0.2, 0.25) is 12.7 Å². The second-order valence-electron chi connectivity index (χ2n) is 7.19. The molecule has 1 aromatic carbocycles. The van der Waals surface area contributed by atoms with Gasteiger partial charge >= 0.3 is 0 Å². The molecule has 2 aliphatic heterocycles. The van der Waals surface area contributed by atoms with Crippen molar-refractivity contribution in [2.45, 2.75) is 50.4 Å². The summed E-state index contributed by atoms with van der Waals surface area (Å²) in [5, 5.41) is 3.16. The van der Waals surface area contributed by atoms with Crippen molar-refractivity contribution >= 4 is 18.3 Å². The van der Waals surface area contributed by atoms with E-state index in [1.807, 2.05) is 6.07 Å². The molecule has 2 heterocycles. The van der Waals surface area contributed by atoms with Crippen LogP contribution in [0.4, 0.5) is 0 Å². The minimum absolute atomic E-state index is 0. The Morgan fingerprint density at radius 3 is 2.59 bits per heavy atom. The Kier molecular flexibility index (Phi) is 8.67. The molecule has 0 aromatic heterocycles. The van der Waals surface area contributed by atoms with Crippen LogP contribution in [-0.4, -0.2) is 39.0 Å². The van der Waals surface area contributed by atoms with Gasteiger partial charge in [-0.3, -0.25) is 4.79 Å². The number of hydrogen-bond donors (Lipinski definition) is 2. The summed E-state index contributed by atoms with van der Waals surface area (Å²) >= 11 is 0. The molecular formula is C20H31ClN2O4. The van der Waals surface area contributed by atoms with Gasteiger partial charge in [-0.1, -0.05) is 18.9 Å². The predicted molar refractivity (Wildman–Crippen MR) is 107 cm³/mol. The van der Waals surface area contributed by atoms with Crippen molar-refractivity contribution in [2.24, 2.45) is 5.73 Å². The van der Waals surface area contributed by atoms with Crippen molar-refractivity contribution in [3.05, 3.63) is 23.8 Å². The van der Waals surface area contributed by atoms with Gasteiger partial charge in [0, 0.05) is 31.6 Å². The summed E-state index contributed by atoms with van der Waals surface area (Å²) in [5.41, 5.74) is 6.58. The molecule has 152 valence electrons. The highest BCUT2D eigenvalue weighted by Crippen LogP contribution is 2.40. The molecule has 1 aromatic rings. The van der Waals surface area contributed by atoms with Crippen molar-refractivity contribution in [1.82, 2.24) is 5.32 Å². The van der Waals surface area contributed by atoms with Gasteiger partial charge in [-0.25, -0.2) is 0 Å². The zero-order valence-corrected chi connectivity index (χ0v) is 16.7. The molecule has 1 fully saturated rings. The van der Waals surface area contributed by atoms with Crippen LogP contribution in [0.5, 0.6) is 11.5 Å². The van der Waals surface area contributed by atoms with Crippen LogP contribution in [0.15, 0.2) is 18.2 Å². The third kappa shape index (κ3) is 5.74. The molecule has 0 aliphatic carbocycles. The van der Waals surface area contributed by atoms with Crippen molar-refractivity contribution in [3.8, 4) is 11.5 Å². The van der Waals surface area contributed by atoms with Crippen molar-refractivity contribution in [2.75, 3.05) is 33.1 Å². The maximum atomic E-state index is 12.3. The van der Waals surface area contributed by atoms with Gasteiger partial charge in [0.05, 0.1) is 0 Å². The lowest BCUT2D eigenvalue weighted by atomic mass is 9.74. The minimum atomic E-state index is -0.103. The Balaban J connectivity index is 0.00000261. The van der Waals surface area contributed by atoms with E-state index < -0.39 is 0 Å². The van der Waals surface area contributed by atoms with E-state index in [-0.39, 0.29) is 30.5 Å². The Bertz CT molecular complexity index is 606. The normalized spacial score (nSPS) is 17.2. The first-order valence-electron chi connectivity index (χ1n) is 9.68. The number of carbonyl (C=O) groups excluding carboxylic acids is 1. The number of hydrogen-bond acceptors (Lipinski definition) is 5. The number of ether oxygens (including phenoxy) is 3. The van der Waals surface area contributed by atoms with Gasteiger partial charge in [-0.05, 0) is 49.9 Å². The quantitative estimate of drug-likeness (QED) is 0.625. The maximum absolute atomic E-state index is 12.3. The van der Waals surface area contributed by atoms with Crippen LogP contribution in [-0.2, 0) is 14.9 Å². The van der Waals surface area contributed by atoms with Crippen LogP contribution in [0, 0.1) is 0 Å². The molecule has 1 saturated heterocycles. The van der Waals surface area contributed by atoms with Gasteiger partial charge in [0.15, 0.2) is 11.5 Å². The highest BCUT2D eigenvalue weighted by Gasteiger charge is 2.36. The first-order valence-corrected chi connectivity index (χ1v) is 9.68. The second-order valence-corrected chi connectivity index (χ2v) is 7.19. The van der Waals surface area contributed by atoms with Crippen LogP contribution in [0.2, 0.25) is 0 Å². The molecule has 7 heteroatoms. The summed E-state index contributed by atoms with van der Waals surface area (Å²) in [6.45, 7) is 3.06. The molecule has 2 aliphatic rings. The average Bonchev–Trinajstić information content (AvgIpc) is 3.15. The SMILES string of the molecule is Cl.NCCCCCCC(=O)NCC1(c2ccc3c(c2)OCO3)CCOCC1. The Hall–Kier alpha value is -1.50. The molecule has 1 amide bonds. The lowest BCUT2D eigenvalue weighted by Crippen LogP contribution is -2.44. The van der Waals surface area contributed by atoms with E-state index >= 15 is 0 Å². The molecule has 0 bridgehead atoms. The molecule has 0 radical (unpaired) electrons. The number of amides is 1. The number of halogens is 1. The average molecular weight is 399 g/mol. The maximum Gasteiger partial charge on any atom is 0.231 e. The Morgan fingerprint density at radius 2 is 1.81 bits per heavy atom. The van der Waals surface area contributed by atoms with Crippen molar-refractivity contribution < 1.29 is 19.0 Å². The van der Waals surface area contributed by atoms with Crippen LogP contribution < -0.4 is 20.5 Å². The number of nitrogens with one attached hydrogen (secondary N) is 1. The molecule has 3 N–H and O–H groups in total. The summed E-state index contributed by atoms with van der Waals surface area (Å²) < 4.78 is 16.5. The highest BCUT2D eigenvalue weighted by molar-refractivity contribution is 5.85. The number of fused-ring (bicyclic) bond motifs is 1. The first kappa shape index (κ1) is 21.8. The number of unbranched alkanes of at least 4 members (excludes halogenated alkanes) is 3. The van der Waals surface area contributed by atoms with E-state index in [0.717, 1.165) is 56.6 Å². The summed E-state index contributed by atoms with van der Waals surface area (Å²) in [5.74, 6) is 1.71. The second kappa shape index (κ2) is 10.7. The van der Waals surface area contributed by atoms with E-state index in [1.165, 1.54) is 5.56 Å². The molecule has 0 saturated carbocycles. The molecule has 0 unspecified atom stereocenters. The number of nitrogens with two attached hydrogens (primary N) is 1. The highest BCUT2D eigenvalue weighted by atomic mass is 35.5. The molecule has 6 nitrogen and oxygen atoms in total. The Labute approximate surface area is 167 Å². The molecule has 27 heavy (non-hydrogen) atoms. The van der Waals surface area contributed by atoms with E-state index in [0.29, 0.717) is 26.2 Å². The summed E-state index contributed by atoms with van der Waals surface area (Å²) in [7, 11) is 0. The van der Waals surface area contributed by atoms with Gasteiger partial charge in [0.25, 0.3) is 0 Å².